The third-order valence-corrected chi connectivity index (χ3v) is 6.65. The monoisotopic (exact) mass is 597 g/mol. The van der Waals surface area contributed by atoms with Crippen LogP contribution in [0.5, 0.6) is 11.5 Å². The van der Waals surface area contributed by atoms with Crippen molar-refractivity contribution in [3.8, 4) is 11.5 Å². The zero-order chi connectivity index (χ0) is 32.2. The molecule has 0 aliphatic carbocycles. The van der Waals surface area contributed by atoms with Crippen molar-refractivity contribution < 1.29 is 52.7 Å². The van der Waals surface area contributed by atoms with Gasteiger partial charge in [-0.1, -0.05) is 47.6 Å². The van der Waals surface area contributed by atoms with Crippen molar-refractivity contribution in [2.24, 2.45) is 23.5 Å². The van der Waals surface area contributed by atoms with Gasteiger partial charge in [0.25, 0.3) is 0 Å². The summed E-state index contributed by atoms with van der Waals surface area (Å²) in [5.74, 6) is -1.31. The molecule has 0 fully saturated rings. The second kappa shape index (κ2) is 16.8. The van der Waals surface area contributed by atoms with Crippen LogP contribution < -0.4 is 15.2 Å². The van der Waals surface area contributed by atoms with E-state index in [4.69, 9.17) is 34.2 Å². The maximum absolute atomic E-state index is 12.5. The summed E-state index contributed by atoms with van der Waals surface area (Å²) < 4.78 is 31.4. The van der Waals surface area contributed by atoms with Crippen LogP contribution in [0.4, 0.5) is 14.4 Å². The van der Waals surface area contributed by atoms with E-state index in [1.807, 2.05) is 41.5 Å². The van der Waals surface area contributed by atoms with Crippen molar-refractivity contribution in [3.05, 3.63) is 23.8 Å². The lowest BCUT2D eigenvalue weighted by Crippen LogP contribution is -2.52. The van der Waals surface area contributed by atoms with Gasteiger partial charge in [-0.3, -0.25) is 4.79 Å². The molecule has 12 nitrogen and oxygen atoms in total. The van der Waals surface area contributed by atoms with E-state index < -0.39 is 48.3 Å². The highest BCUT2D eigenvalue weighted by Gasteiger charge is 2.37. The maximum Gasteiger partial charge on any atom is 0.514 e. The Balaban J connectivity index is 3.17. The molecule has 0 aliphatic heterocycles. The predicted octanol–water partition coefficient (Wildman–Crippen LogP) is 6.11. The first-order chi connectivity index (χ1) is 19.4. The van der Waals surface area contributed by atoms with E-state index in [2.05, 4.69) is 0 Å². The van der Waals surface area contributed by atoms with Gasteiger partial charge in [-0.25, -0.2) is 14.4 Å². The number of carbonyl (C=O) groups is 4. The molecule has 1 rings (SSSR count). The highest BCUT2D eigenvalue weighted by Crippen LogP contribution is 2.32. The molecule has 0 bridgehead atoms. The summed E-state index contributed by atoms with van der Waals surface area (Å²) in [6.07, 6.45) is -4.61. The van der Waals surface area contributed by atoms with Gasteiger partial charge in [0, 0.05) is 12.8 Å². The average Bonchev–Trinajstić information content (AvgIpc) is 2.84. The van der Waals surface area contributed by atoms with Crippen molar-refractivity contribution in [3.63, 3.8) is 0 Å². The van der Waals surface area contributed by atoms with Crippen LogP contribution in [0.15, 0.2) is 18.2 Å². The molecule has 0 heterocycles. The lowest BCUT2D eigenvalue weighted by molar-refractivity contribution is -0.144. The summed E-state index contributed by atoms with van der Waals surface area (Å²) >= 11 is 0. The van der Waals surface area contributed by atoms with E-state index in [0.717, 1.165) is 0 Å². The smallest absolute Gasteiger partial charge is 0.480 e. The van der Waals surface area contributed by atoms with Gasteiger partial charge in [0.05, 0.1) is 6.61 Å². The van der Waals surface area contributed by atoms with Crippen LogP contribution in [0.3, 0.4) is 0 Å². The van der Waals surface area contributed by atoms with Crippen molar-refractivity contribution in [2.75, 3.05) is 6.61 Å². The fourth-order valence-corrected chi connectivity index (χ4v) is 3.36. The molecule has 0 saturated carbocycles. The topological polar surface area (TPSA) is 170 Å². The van der Waals surface area contributed by atoms with Gasteiger partial charge in [0.2, 0.25) is 0 Å². The van der Waals surface area contributed by atoms with E-state index in [1.54, 1.807) is 13.8 Å². The van der Waals surface area contributed by atoms with E-state index in [9.17, 15) is 24.3 Å². The molecule has 1 aromatic rings. The van der Waals surface area contributed by atoms with Gasteiger partial charge >= 0.3 is 24.4 Å². The van der Waals surface area contributed by atoms with E-state index in [0.29, 0.717) is 17.9 Å². The predicted molar refractivity (Wildman–Crippen MR) is 153 cm³/mol. The number of carboxylic acid groups (broad SMARTS) is 1. The van der Waals surface area contributed by atoms with Crippen molar-refractivity contribution in [1.29, 1.82) is 0 Å². The Kier molecular flexibility index (Phi) is 14.6. The van der Waals surface area contributed by atoms with E-state index in [1.165, 1.54) is 25.1 Å². The highest BCUT2D eigenvalue weighted by atomic mass is 16.8. The van der Waals surface area contributed by atoms with Crippen LogP contribution in [-0.4, -0.2) is 60.0 Å². The maximum atomic E-state index is 12.5. The third-order valence-electron chi connectivity index (χ3n) is 6.65. The number of rotatable bonds is 15. The van der Waals surface area contributed by atoms with Crippen molar-refractivity contribution >= 4 is 24.4 Å². The SMILES string of the molecule is CC(C)CCOC(=O)O[C@@H](C)CC(N)(Cc1ccc(OC(=O)OC(C)C(C)C)c(OC(=O)OC(C)C(C)C)c1)C(=O)O. The van der Waals surface area contributed by atoms with Crippen LogP contribution in [0.1, 0.15) is 80.7 Å². The molecule has 42 heavy (non-hydrogen) atoms. The van der Waals surface area contributed by atoms with Crippen LogP contribution >= 0.6 is 0 Å². The second-order valence-corrected chi connectivity index (χ2v) is 11.7. The van der Waals surface area contributed by atoms with E-state index in [-0.39, 0.29) is 42.8 Å². The zero-order valence-electron chi connectivity index (χ0n) is 26.1. The standard InChI is InChI=1S/C30H47NO11/c1-17(2)12-13-37-27(34)38-20(7)15-30(31,26(32)33)16-23-10-11-24(41-28(35)39-21(8)18(3)4)25(14-23)42-29(36)40-22(9)19(5)6/h10-11,14,17-22H,12-13,15-16,31H2,1-9H3,(H,32,33)/t20-,21?,22?,30?/m0/s1. The first-order valence-electron chi connectivity index (χ1n) is 14.2. The number of hydrogen-bond donors (Lipinski definition) is 2. The lowest BCUT2D eigenvalue weighted by Gasteiger charge is -2.28. The second-order valence-electron chi connectivity index (χ2n) is 11.7. The molecule has 1 aromatic carbocycles. The van der Waals surface area contributed by atoms with Gasteiger partial charge in [-0.2, -0.15) is 0 Å². The van der Waals surface area contributed by atoms with Gasteiger partial charge < -0.3 is 39.3 Å². The Labute approximate surface area is 248 Å². The third kappa shape index (κ3) is 13.0. The minimum absolute atomic E-state index is 0.0113. The van der Waals surface area contributed by atoms with Crippen LogP contribution in [0, 0.1) is 17.8 Å². The van der Waals surface area contributed by atoms with Crippen LogP contribution in [-0.2, 0) is 30.2 Å². The summed E-state index contributed by atoms with van der Waals surface area (Å²) in [4.78, 5) is 49.1. The number of nitrogens with two attached hydrogens (primary N) is 1. The number of ether oxygens (including phenoxy) is 6. The summed E-state index contributed by atoms with van der Waals surface area (Å²) in [7, 11) is 0. The molecule has 238 valence electrons. The molecule has 0 aromatic heterocycles. The van der Waals surface area contributed by atoms with Crippen molar-refractivity contribution in [1.82, 2.24) is 0 Å². The van der Waals surface area contributed by atoms with E-state index >= 15 is 0 Å². The van der Waals surface area contributed by atoms with Crippen LogP contribution in [0.2, 0.25) is 0 Å². The molecule has 0 aliphatic rings. The quantitative estimate of drug-likeness (QED) is 0.135. The largest absolute Gasteiger partial charge is 0.514 e. The van der Waals surface area contributed by atoms with Crippen LogP contribution in [0.25, 0.3) is 0 Å². The molecular weight excluding hydrogens is 550 g/mol. The number of carboxylic acids is 1. The lowest BCUT2D eigenvalue weighted by atomic mass is 9.86. The molecule has 0 spiro atoms. The molecule has 3 unspecified atom stereocenters. The average molecular weight is 598 g/mol. The molecular formula is C30H47NO11. The molecule has 0 amide bonds. The Hall–Kier alpha value is -3.54. The minimum atomic E-state index is -1.88. The normalized spacial score (nSPS) is 14.9. The Morgan fingerprint density at radius 3 is 1.79 bits per heavy atom. The van der Waals surface area contributed by atoms with Gasteiger partial charge in [0.15, 0.2) is 11.5 Å². The molecule has 12 heteroatoms. The molecule has 3 N–H and O–H groups in total. The Bertz CT molecular complexity index is 1060. The Morgan fingerprint density at radius 1 is 0.786 bits per heavy atom. The first-order valence-corrected chi connectivity index (χ1v) is 14.2. The number of aliphatic carboxylic acids is 1. The fraction of sp³-hybridized carbons (Fsp3) is 0.667. The van der Waals surface area contributed by atoms with Gasteiger partial charge in [0.1, 0.15) is 23.9 Å². The summed E-state index contributed by atoms with van der Waals surface area (Å²) in [6.45, 7) is 16.5. The fourth-order valence-electron chi connectivity index (χ4n) is 3.36. The first kappa shape index (κ1) is 36.5. The highest BCUT2D eigenvalue weighted by molar-refractivity contribution is 5.79. The summed E-state index contributed by atoms with van der Waals surface area (Å²) in [5.41, 5.74) is 4.73. The zero-order valence-corrected chi connectivity index (χ0v) is 26.1. The van der Waals surface area contributed by atoms with Crippen molar-refractivity contribution in [2.45, 2.75) is 105 Å². The number of carbonyl (C=O) groups excluding carboxylic acids is 3. The number of benzene rings is 1. The molecule has 0 radical (unpaired) electrons. The summed E-state index contributed by atoms with van der Waals surface area (Å²) in [6, 6.07) is 4.13. The minimum Gasteiger partial charge on any atom is -0.480 e. The Morgan fingerprint density at radius 2 is 1.31 bits per heavy atom. The molecule has 4 atom stereocenters. The van der Waals surface area contributed by atoms with Gasteiger partial charge in [-0.15, -0.1) is 0 Å². The number of hydrogen-bond acceptors (Lipinski definition) is 11. The summed E-state index contributed by atoms with van der Waals surface area (Å²) in [5, 5.41) is 9.96. The van der Waals surface area contributed by atoms with Gasteiger partial charge in [-0.05, 0) is 62.6 Å². The molecule has 0 saturated heterocycles.